The Balaban J connectivity index is 2.43. The van der Waals surface area contributed by atoms with Crippen LogP contribution in [0.3, 0.4) is 0 Å². The maximum atomic E-state index is 6.24. The van der Waals surface area contributed by atoms with E-state index in [0.29, 0.717) is 0 Å². The summed E-state index contributed by atoms with van der Waals surface area (Å²) >= 11 is 0. The van der Waals surface area contributed by atoms with Gasteiger partial charge >= 0.3 is 0 Å². The number of nitrogen functional groups attached to an aromatic ring is 1. The second-order valence-corrected chi connectivity index (χ2v) is 5.40. The van der Waals surface area contributed by atoms with E-state index in [9.17, 15) is 0 Å². The van der Waals surface area contributed by atoms with Crippen LogP contribution in [0.15, 0.2) is 54.6 Å². The smallest absolute Gasteiger partial charge is 0.0393 e. The van der Waals surface area contributed by atoms with Gasteiger partial charge in [-0.1, -0.05) is 62.4 Å². The molecule has 106 valence electrons. The summed E-state index contributed by atoms with van der Waals surface area (Å²) in [5.74, 6) is 0. The van der Waals surface area contributed by atoms with E-state index in [4.69, 9.17) is 5.73 Å². The van der Waals surface area contributed by atoms with Gasteiger partial charge in [0.2, 0.25) is 0 Å². The lowest BCUT2D eigenvalue weighted by molar-refractivity contribution is 1.11. The number of anilines is 1. The zero-order valence-electron chi connectivity index (χ0n) is 12.7. The van der Waals surface area contributed by atoms with Gasteiger partial charge in [-0.15, -0.1) is 0 Å². The minimum atomic E-state index is 0.859. The van der Waals surface area contributed by atoms with Crippen LogP contribution in [0.2, 0.25) is 0 Å². The first-order valence-electron chi connectivity index (χ1n) is 7.64. The fraction of sp³-hybridized carbons (Fsp3) is 0.200. The Labute approximate surface area is 126 Å². The van der Waals surface area contributed by atoms with E-state index < -0.39 is 0 Å². The van der Waals surface area contributed by atoms with Gasteiger partial charge in [-0.05, 0) is 46.4 Å². The predicted molar refractivity (Wildman–Crippen MR) is 92.6 cm³/mol. The van der Waals surface area contributed by atoms with Crippen molar-refractivity contribution in [3.63, 3.8) is 0 Å². The largest absolute Gasteiger partial charge is 0.398 e. The minimum Gasteiger partial charge on any atom is -0.398 e. The van der Waals surface area contributed by atoms with E-state index in [1.807, 2.05) is 12.1 Å². The van der Waals surface area contributed by atoms with Crippen LogP contribution in [0.25, 0.3) is 21.9 Å². The summed E-state index contributed by atoms with van der Waals surface area (Å²) in [5, 5.41) is 2.67. The van der Waals surface area contributed by atoms with Gasteiger partial charge in [0.1, 0.15) is 0 Å². The molecule has 0 aliphatic heterocycles. The Morgan fingerprint density at radius 1 is 0.857 bits per heavy atom. The molecule has 3 aromatic carbocycles. The topological polar surface area (TPSA) is 26.0 Å². The maximum absolute atomic E-state index is 6.24. The molecule has 21 heavy (non-hydrogen) atoms. The zero-order chi connectivity index (χ0) is 14.8. The van der Waals surface area contributed by atoms with Crippen molar-refractivity contribution >= 4 is 16.5 Å². The summed E-state index contributed by atoms with van der Waals surface area (Å²) < 4.78 is 0. The maximum Gasteiger partial charge on any atom is 0.0393 e. The van der Waals surface area contributed by atoms with Crippen molar-refractivity contribution in [1.82, 2.24) is 0 Å². The molecule has 0 spiro atoms. The first-order valence-corrected chi connectivity index (χ1v) is 7.64. The Hall–Kier alpha value is -2.28. The molecule has 0 bridgehead atoms. The Bertz CT molecular complexity index is 787. The van der Waals surface area contributed by atoms with Crippen LogP contribution in [0, 0.1) is 0 Å². The molecule has 0 aliphatic rings. The van der Waals surface area contributed by atoms with Crippen LogP contribution in [-0.4, -0.2) is 0 Å². The summed E-state index contributed by atoms with van der Waals surface area (Å²) in [6.07, 6.45) is 2.03. The Morgan fingerprint density at radius 3 is 2.29 bits per heavy atom. The quantitative estimate of drug-likeness (QED) is 0.652. The number of fused-ring (bicyclic) bond motifs is 1. The van der Waals surface area contributed by atoms with Crippen molar-refractivity contribution in [1.29, 1.82) is 0 Å². The van der Waals surface area contributed by atoms with Crippen LogP contribution in [0.1, 0.15) is 25.0 Å². The lowest BCUT2D eigenvalue weighted by atomic mass is 9.87. The molecule has 0 aliphatic carbocycles. The van der Waals surface area contributed by atoms with Gasteiger partial charge in [0.25, 0.3) is 0 Å². The highest BCUT2D eigenvalue weighted by molar-refractivity contribution is 5.95. The fourth-order valence-electron chi connectivity index (χ4n) is 3.19. The number of rotatable bonds is 3. The summed E-state index contributed by atoms with van der Waals surface area (Å²) in [7, 11) is 0. The highest BCUT2D eigenvalue weighted by Gasteiger charge is 2.14. The molecule has 0 radical (unpaired) electrons. The van der Waals surface area contributed by atoms with Crippen molar-refractivity contribution in [2.45, 2.75) is 26.7 Å². The number of hydrogen-bond donors (Lipinski definition) is 1. The molecule has 0 unspecified atom stereocenters. The summed E-state index contributed by atoms with van der Waals surface area (Å²) in [6.45, 7) is 4.44. The van der Waals surface area contributed by atoms with E-state index in [2.05, 4.69) is 56.3 Å². The molecular weight excluding hydrogens is 254 g/mol. The monoisotopic (exact) mass is 275 g/mol. The molecular formula is C20H21N. The van der Waals surface area contributed by atoms with Crippen LogP contribution >= 0.6 is 0 Å². The Kier molecular flexibility index (Phi) is 3.66. The molecule has 0 heterocycles. The molecule has 1 nitrogen and oxygen atoms in total. The van der Waals surface area contributed by atoms with Crippen molar-refractivity contribution in [3.8, 4) is 11.1 Å². The van der Waals surface area contributed by atoms with Crippen molar-refractivity contribution in [2.75, 3.05) is 5.73 Å². The fourth-order valence-corrected chi connectivity index (χ4v) is 3.19. The van der Waals surface area contributed by atoms with Crippen molar-refractivity contribution in [3.05, 3.63) is 65.7 Å². The molecule has 0 saturated heterocycles. The average Bonchev–Trinajstić information content (AvgIpc) is 2.53. The van der Waals surface area contributed by atoms with Gasteiger partial charge in [-0.2, -0.15) is 0 Å². The molecule has 2 N–H and O–H groups in total. The molecule has 1 heteroatoms. The first kappa shape index (κ1) is 13.7. The summed E-state index contributed by atoms with van der Waals surface area (Å²) in [6, 6.07) is 19.2. The highest BCUT2D eigenvalue weighted by Crippen LogP contribution is 2.37. The molecule has 0 atom stereocenters. The lowest BCUT2D eigenvalue weighted by Crippen LogP contribution is -1.99. The lowest BCUT2D eigenvalue weighted by Gasteiger charge is -2.18. The average molecular weight is 275 g/mol. The van der Waals surface area contributed by atoms with Gasteiger partial charge in [0.05, 0.1) is 0 Å². The van der Waals surface area contributed by atoms with E-state index >= 15 is 0 Å². The number of aryl methyl sites for hydroxylation is 2. The molecule has 3 rings (SSSR count). The van der Waals surface area contributed by atoms with Gasteiger partial charge in [0.15, 0.2) is 0 Å². The van der Waals surface area contributed by atoms with Gasteiger partial charge < -0.3 is 5.73 Å². The predicted octanol–water partition coefficient (Wildman–Crippen LogP) is 5.21. The number of benzene rings is 3. The van der Waals surface area contributed by atoms with Crippen LogP contribution in [-0.2, 0) is 12.8 Å². The minimum absolute atomic E-state index is 0.859. The van der Waals surface area contributed by atoms with E-state index in [1.165, 1.54) is 27.5 Å². The van der Waals surface area contributed by atoms with Crippen molar-refractivity contribution < 1.29 is 0 Å². The normalized spacial score (nSPS) is 11.0. The van der Waals surface area contributed by atoms with Gasteiger partial charge in [-0.25, -0.2) is 0 Å². The number of para-hydroxylation sites is 1. The van der Waals surface area contributed by atoms with Gasteiger partial charge in [-0.3, -0.25) is 0 Å². The molecule has 0 amide bonds. The zero-order valence-corrected chi connectivity index (χ0v) is 12.7. The van der Waals surface area contributed by atoms with E-state index in [-0.39, 0.29) is 0 Å². The van der Waals surface area contributed by atoms with E-state index in [1.54, 1.807) is 0 Å². The number of hydrogen-bond acceptors (Lipinski definition) is 1. The molecule has 0 fully saturated rings. The van der Waals surface area contributed by atoms with Crippen LogP contribution in [0.4, 0.5) is 5.69 Å². The third-order valence-corrected chi connectivity index (χ3v) is 4.20. The standard InChI is InChI=1S/C20H21N/c1-3-14-13-15-9-5-6-10-17(15)16(4-2)20(14)18-11-7-8-12-19(18)21/h5-13H,3-4,21H2,1-2H3. The summed E-state index contributed by atoms with van der Waals surface area (Å²) in [5.41, 5.74) is 12.4. The van der Waals surface area contributed by atoms with Gasteiger partial charge in [0, 0.05) is 11.3 Å². The van der Waals surface area contributed by atoms with Crippen LogP contribution in [0.5, 0.6) is 0 Å². The third-order valence-electron chi connectivity index (χ3n) is 4.20. The number of nitrogens with two attached hydrogens (primary N) is 1. The second-order valence-electron chi connectivity index (χ2n) is 5.40. The SMILES string of the molecule is CCc1cc2ccccc2c(CC)c1-c1ccccc1N. The Morgan fingerprint density at radius 2 is 1.57 bits per heavy atom. The summed E-state index contributed by atoms with van der Waals surface area (Å²) in [4.78, 5) is 0. The van der Waals surface area contributed by atoms with E-state index in [0.717, 1.165) is 24.1 Å². The second kappa shape index (κ2) is 5.61. The first-order chi connectivity index (χ1) is 10.3. The van der Waals surface area contributed by atoms with Crippen molar-refractivity contribution in [2.24, 2.45) is 0 Å². The molecule has 0 saturated carbocycles. The highest BCUT2D eigenvalue weighted by atomic mass is 14.6. The molecule has 3 aromatic rings. The molecule has 0 aromatic heterocycles. The van der Waals surface area contributed by atoms with Crippen LogP contribution < -0.4 is 5.73 Å². The third kappa shape index (κ3) is 2.29.